The minimum absolute atomic E-state index is 1.52. The van der Waals surface area contributed by atoms with E-state index in [4.69, 9.17) is 0 Å². The normalized spacial score (nSPS) is 22.0. The predicted molar refractivity (Wildman–Crippen MR) is 44.9 cm³/mol. The molecule has 0 unspecified atom stereocenters. The molecule has 48 valence electrons. The molecule has 0 saturated heterocycles. The first-order valence-corrected chi connectivity index (χ1v) is 9.86. The van der Waals surface area contributed by atoms with Gasteiger partial charge >= 0.3 is 58.9 Å². The van der Waals surface area contributed by atoms with Crippen LogP contribution in [0.25, 0.3) is 0 Å². The maximum atomic E-state index is 2.38. The van der Waals surface area contributed by atoms with Crippen LogP contribution in [-0.2, 0) is 0 Å². The first-order valence-electron chi connectivity index (χ1n) is 3.24. The molecule has 0 atom stereocenters. The SMILES string of the molecule is [CH3][Ge]1([CH3])[CH]=CC=CC=[CH]1. The van der Waals surface area contributed by atoms with Crippen LogP contribution in [0.3, 0.4) is 0 Å². The van der Waals surface area contributed by atoms with Crippen LogP contribution in [-0.4, -0.2) is 13.3 Å². The number of allylic oxidation sites excluding steroid dienone is 4. The average Bonchev–Trinajstić information content (AvgIpc) is 1.92. The summed E-state index contributed by atoms with van der Waals surface area (Å²) in [4.78, 5) is 4.75. The molecule has 0 N–H and O–H groups in total. The summed E-state index contributed by atoms with van der Waals surface area (Å²) in [6.07, 6.45) is 8.52. The Morgan fingerprint density at radius 2 is 1.22 bits per heavy atom. The predicted octanol–water partition coefficient (Wildman–Crippen LogP) is 2.46. The molecule has 0 spiro atoms. The molecule has 9 heavy (non-hydrogen) atoms. The van der Waals surface area contributed by atoms with Crippen LogP contribution in [0, 0.1) is 0 Å². The van der Waals surface area contributed by atoms with Gasteiger partial charge in [-0.3, -0.25) is 0 Å². The molecule has 0 amide bonds. The zero-order chi connectivity index (χ0) is 6.74. The van der Waals surface area contributed by atoms with Crippen LogP contribution in [0.15, 0.2) is 34.1 Å². The summed E-state index contributed by atoms with van der Waals surface area (Å²) in [6.45, 7) is 0. The van der Waals surface area contributed by atoms with Crippen molar-refractivity contribution in [2.24, 2.45) is 0 Å². The second kappa shape index (κ2) is 2.57. The molecule has 0 fully saturated rings. The van der Waals surface area contributed by atoms with Gasteiger partial charge in [0, 0.05) is 0 Å². The quantitative estimate of drug-likeness (QED) is 0.503. The second-order valence-corrected chi connectivity index (χ2v) is 12.0. The Morgan fingerprint density at radius 3 is 1.67 bits per heavy atom. The Bertz CT molecular complexity index is 155. The Hall–Kier alpha value is -0.237. The maximum absolute atomic E-state index is 2.38. The number of rotatable bonds is 0. The molecule has 0 aromatic rings. The van der Waals surface area contributed by atoms with E-state index in [-0.39, 0.29) is 0 Å². The third-order valence-electron chi connectivity index (χ3n) is 1.38. The van der Waals surface area contributed by atoms with Gasteiger partial charge < -0.3 is 0 Å². The van der Waals surface area contributed by atoms with E-state index in [9.17, 15) is 0 Å². The molecule has 0 radical (unpaired) electrons. The molecule has 1 rings (SSSR count). The molecular formula is C8H12Ge. The van der Waals surface area contributed by atoms with E-state index in [1.165, 1.54) is 0 Å². The van der Waals surface area contributed by atoms with Gasteiger partial charge in [0.25, 0.3) is 0 Å². The average molecular weight is 181 g/mol. The molecule has 0 saturated carbocycles. The molecule has 1 heterocycles. The van der Waals surface area contributed by atoms with Gasteiger partial charge in [-0.15, -0.1) is 0 Å². The molecule has 0 aromatic carbocycles. The van der Waals surface area contributed by atoms with Gasteiger partial charge in [0.15, 0.2) is 0 Å². The zero-order valence-electron chi connectivity index (χ0n) is 5.96. The van der Waals surface area contributed by atoms with E-state index in [0.29, 0.717) is 0 Å². The molecule has 1 aliphatic heterocycles. The summed E-state index contributed by atoms with van der Waals surface area (Å²) in [7, 11) is 0. The second-order valence-electron chi connectivity index (χ2n) is 2.92. The van der Waals surface area contributed by atoms with Gasteiger partial charge in [-0.1, -0.05) is 0 Å². The Labute approximate surface area is 59.3 Å². The van der Waals surface area contributed by atoms with Crippen molar-refractivity contribution >= 4 is 13.3 Å². The monoisotopic (exact) mass is 182 g/mol. The molecule has 1 heteroatoms. The van der Waals surface area contributed by atoms with Crippen LogP contribution in [0.1, 0.15) is 0 Å². The summed E-state index contributed by atoms with van der Waals surface area (Å²) in [5.41, 5.74) is 0. The molecule has 0 aromatic heterocycles. The van der Waals surface area contributed by atoms with Crippen LogP contribution in [0.4, 0.5) is 0 Å². The van der Waals surface area contributed by atoms with Crippen molar-refractivity contribution in [3.8, 4) is 0 Å². The van der Waals surface area contributed by atoms with Gasteiger partial charge in [-0.2, -0.15) is 0 Å². The fourth-order valence-electron chi connectivity index (χ4n) is 0.791. The first-order chi connectivity index (χ1) is 4.21. The summed E-state index contributed by atoms with van der Waals surface area (Å²) >= 11 is -1.52. The molecule has 0 nitrogen and oxygen atoms in total. The summed E-state index contributed by atoms with van der Waals surface area (Å²) in [6, 6.07) is 0. The number of hydrogen-bond donors (Lipinski definition) is 0. The molecule has 0 aliphatic carbocycles. The molecular weight excluding hydrogens is 169 g/mol. The summed E-state index contributed by atoms with van der Waals surface area (Å²) in [5, 5.41) is 0. The van der Waals surface area contributed by atoms with Gasteiger partial charge in [0.2, 0.25) is 0 Å². The Kier molecular flexibility index (Phi) is 1.96. The summed E-state index contributed by atoms with van der Waals surface area (Å²) in [5.74, 6) is 4.75. The molecule has 1 aliphatic rings. The first kappa shape index (κ1) is 6.88. The van der Waals surface area contributed by atoms with Gasteiger partial charge in [-0.05, 0) is 0 Å². The van der Waals surface area contributed by atoms with Crippen molar-refractivity contribution in [1.82, 2.24) is 0 Å². The fourth-order valence-corrected chi connectivity index (χ4v) is 3.57. The van der Waals surface area contributed by atoms with Gasteiger partial charge in [0.05, 0.1) is 0 Å². The topological polar surface area (TPSA) is 0 Å². The van der Waals surface area contributed by atoms with Crippen molar-refractivity contribution in [1.29, 1.82) is 0 Å². The van der Waals surface area contributed by atoms with Crippen molar-refractivity contribution in [2.45, 2.75) is 11.5 Å². The molecule has 0 bridgehead atoms. The van der Waals surface area contributed by atoms with Crippen molar-refractivity contribution in [3.05, 3.63) is 34.1 Å². The van der Waals surface area contributed by atoms with Crippen LogP contribution < -0.4 is 0 Å². The Balaban J connectivity index is 2.82. The van der Waals surface area contributed by atoms with Crippen LogP contribution in [0.5, 0.6) is 0 Å². The van der Waals surface area contributed by atoms with Crippen LogP contribution >= 0.6 is 0 Å². The van der Waals surface area contributed by atoms with E-state index in [1.807, 2.05) is 0 Å². The summed E-state index contributed by atoms with van der Waals surface area (Å²) < 4.78 is 0. The number of hydrogen-bond acceptors (Lipinski definition) is 0. The van der Waals surface area contributed by atoms with E-state index in [1.54, 1.807) is 0 Å². The third kappa shape index (κ3) is 2.23. The van der Waals surface area contributed by atoms with E-state index >= 15 is 0 Å². The van der Waals surface area contributed by atoms with Crippen molar-refractivity contribution < 1.29 is 0 Å². The Morgan fingerprint density at radius 1 is 0.778 bits per heavy atom. The van der Waals surface area contributed by atoms with E-state index in [2.05, 4.69) is 45.6 Å². The van der Waals surface area contributed by atoms with Gasteiger partial charge in [0.1, 0.15) is 0 Å². The third-order valence-corrected chi connectivity index (χ3v) is 5.80. The van der Waals surface area contributed by atoms with E-state index < -0.39 is 13.3 Å². The minimum atomic E-state index is -1.52. The zero-order valence-corrected chi connectivity index (χ0v) is 8.06. The van der Waals surface area contributed by atoms with E-state index in [0.717, 1.165) is 0 Å². The van der Waals surface area contributed by atoms with Crippen molar-refractivity contribution in [3.63, 3.8) is 0 Å². The standard InChI is InChI=1S/C8H12Ge/c1-9(2)7-5-3-4-6-8-9/h3-8H,1-2H3. The van der Waals surface area contributed by atoms with Crippen molar-refractivity contribution in [2.75, 3.05) is 0 Å². The fraction of sp³-hybridized carbons (Fsp3) is 0.250. The van der Waals surface area contributed by atoms with Crippen LogP contribution in [0.2, 0.25) is 11.5 Å². The van der Waals surface area contributed by atoms with Gasteiger partial charge in [-0.25, -0.2) is 0 Å².